The lowest BCUT2D eigenvalue weighted by molar-refractivity contribution is -0.133. The number of amides is 1. The number of nitrogens with zero attached hydrogens (tertiary/aromatic N) is 4. The molecule has 1 amide bonds. The molecule has 2 aromatic rings. The van der Waals surface area contributed by atoms with E-state index >= 15 is 0 Å². The fraction of sp³-hybridized carbons (Fsp3) is 0.591. The van der Waals surface area contributed by atoms with Gasteiger partial charge in [0.25, 0.3) is 0 Å². The molecule has 0 aromatic carbocycles. The van der Waals surface area contributed by atoms with Crippen LogP contribution in [0.25, 0.3) is 0 Å². The summed E-state index contributed by atoms with van der Waals surface area (Å²) in [6, 6.07) is 4.13. The number of carbonyl (C=O) groups is 1. The molecular weight excluding hydrogens is 434 g/mol. The van der Waals surface area contributed by atoms with Gasteiger partial charge in [0.05, 0.1) is 22.1 Å². The van der Waals surface area contributed by atoms with Crippen LogP contribution in [0.3, 0.4) is 0 Å². The van der Waals surface area contributed by atoms with E-state index in [1.165, 1.54) is 11.3 Å². The van der Waals surface area contributed by atoms with Gasteiger partial charge in [-0.1, -0.05) is 32.4 Å². The summed E-state index contributed by atoms with van der Waals surface area (Å²) in [4.78, 5) is 27.5. The predicted molar refractivity (Wildman–Crippen MR) is 124 cm³/mol. The fourth-order valence-electron chi connectivity index (χ4n) is 4.49. The average molecular weight is 464 g/mol. The van der Waals surface area contributed by atoms with Gasteiger partial charge >= 0.3 is 0 Å². The molecule has 1 fully saturated rings. The third kappa shape index (κ3) is 4.72. The van der Waals surface area contributed by atoms with E-state index < -0.39 is 6.10 Å². The molecule has 2 aromatic heterocycles. The lowest BCUT2D eigenvalue weighted by atomic mass is 10.0. The SMILES string of the molecule is CC(C)NC[C@@H](C(=O)N1CCN(c2ncnc3c2C(C)CC3O)CC1)c1ccc(Cl)s1. The van der Waals surface area contributed by atoms with Crippen molar-refractivity contribution in [2.24, 2.45) is 0 Å². The van der Waals surface area contributed by atoms with Crippen molar-refractivity contribution in [2.45, 2.75) is 51.2 Å². The number of hydrogen-bond acceptors (Lipinski definition) is 7. The molecule has 31 heavy (non-hydrogen) atoms. The Labute approximate surface area is 192 Å². The maximum Gasteiger partial charge on any atom is 0.232 e. The van der Waals surface area contributed by atoms with E-state index in [2.05, 4.69) is 41.0 Å². The quantitative estimate of drug-likeness (QED) is 0.684. The summed E-state index contributed by atoms with van der Waals surface area (Å²) in [6.07, 6.45) is 1.72. The van der Waals surface area contributed by atoms with Crippen LogP contribution < -0.4 is 10.2 Å². The molecule has 2 N–H and O–H groups in total. The van der Waals surface area contributed by atoms with E-state index in [1.54, 1.807) is 6.33 Å². The van der Waals surface area contributed by atoms with Gasteiger partial charge < -0.3 is 20.2 Å². The number of nitrogens with one attached hydrogen (secondary N) is 1. The molecule has 0 radical (unpaired) electrons. The van der Waals surface area contributed by atoms with E-state index in [9.17, 15) is 9.90 Å². The Hall–Kier alpha value is -1.74. The Kier molecular flexibility index (Phi) is 6.81. The van der Waals surface area contributed by atoms with Gasteiger partial charge in [-0.15, -0.1) is 11.3 Å². The summed E-state index contributed by atoms with van der Waals surface area (Å²) in [5.74, 6) is 1.05. The monoisotopic (exact) mass is 463 g/mol. The van der Waals surface area contributed by atoms with Crippen molar-refractivity contribution < 1.29 is 9.90 Å². The topological polar surface area (TPSA) is 81.6 Å². The van der Waals surface area contributed by atoms with E-state index in [0.717, 1.165) is 22.0 Å². The van der Waals surface area contributed by atoms with Crippen LogP contribution in [0.15, 0.2) is 18.5 Å². The molecule has 1 aliphatic carbocycles. The first-order valence-corrected chi connectivity index (χ1v) is 12.1. The van der Waals surface area contributed by atoms with Crippen LogP contribution in [0.5, 0.6) is 0 Å². The second-order valence-electron chi connectivity index (χ2n) is 8.72. The summed E-state index contributed by atoms with van der Waals surface area (Å²) >= 11 is 7.63. The Morgan fingerprint density at radius 2 is 2.03 bits per heavy atom. The van der Waals surface area contributed by atoms with Crippen molar-refractivity contribution in [3.8, 4) is 0 Å². The summed E-state index contributed by atoms with van der Waals surface area (Å²) in [5, 5.41) is 13.7. The van der Waals surface area contributed by atoms with Crippen LogP contribution in [-0.2, 0) is 4.79 Å². The first-order valence-electron chi connectivity index (χ1n) is 10.9. The molecule has 7 nitrogen and oxygen atoms in total. The molecule has 3 heterocycles. The Morgan fingerprint density at radius 1 is 1.29 bits per heavy atom. The lowest BCUT2D eigenvalue weighted by Crippen LogP contribution is -2.51. The molecule has 0 saturated carbocycles. The molecule has 0 spiro atoms. The first kappa shape index (κ1) is 22.5. The van der Waals surface area contributed by atoms with Crippen molar-refractivity contribution in [3.05, 3.63) is 38.9 Å². The van der Waals surface area contributed by atoms with Gasteiger partial charge in [-0.3, -0.25) is 4.79 Å². The number of rotatable bonds is 6. The second-order valence-corrected chi connectivity index (χ2v) is 10.5. The Morgan fingerprint density at radius 3 is 2.68 bits per heavy atom. The van der Waals surface area contributed by atoms with Crippen LogP contribution in [0.2, 0.25) is 4.34 Å². The molecule has 2 unspecified atom stereocenters. The third-order valence-corrected chi connectivity index (χ3v) is 7.48. The molecule has 168 valence electrons. The van der Waals surface area contributed by atoms with Crippen molar-refractivity contribution in [3.63, 3.8) is 0 Å². The minimum absolute atomic E-state index is 0.142. The molecule has 9 heteroatoms. The molecule has 3 atom stereocenters. The van der Waals surface area contributed by atoms with Gasteiger partial charge in [-0.2, -0.15) is 0 Å². The molecular formula is C22H30ClN5O2S. The van der Waals surface area contributed by atoms with Crippen molar-refractivity contribution >= 4 is 34.7 Å². The maximum absolute atomic E-state index is 13.4. The van der Waals surface area contributed by atoms with Crippen molar-refractivity contribution in [2.75, 3.05) is 37.6 Å². The zero-order valence-electron chi connectivity index (χ0n) is 18.2. The average Bonchev–Trinajstić information content (AvgIpc) is 3.31. The highest BCUT2D eigenvalue weighted by atomic mass is 35.5. The summed E-state index contributed by atoms with van der Waals surface area (Å²) in [6.45, 7) is 9.60. The van der Waals surface area contributed by atoms with E-state index in [4.69, 9.17) is 11.6 Å². The number of carbonyl (C=O) groups excluding carboxylic acids is 1. The van der Waals surface area contributed by atoms with Crippen LogP contribution in [0.4, 0.5) is 5.82 Å². The van der Waals surface area contributed by atoms with Crippen LogP contribution in [0.1, 0.15) is 61.3 Å². The number of aliphatic hydroxyl groups is 1. The van der Waals surface area contributed by atoms with Crippen LogP contribution in [-0.4, -0.2) is 64.6 Å². The standard InChI is InChI=1S/C22H30ClN5O2S/c1-13(2)24-11-15(17-4-5-18(23)31-17)22(30)28-8-6-27(7-9-28)21-19-14(3)10-16(29)20(19)25-12-26-21/h4-5,12-16,24,29H,6-11H2,1-3H3/t14?,15-,16?/m1/s1. The Bertz CT molecular complexity index is 928. The lowest BCUT2D eigenvalue weighted by Gasteiger charge is -2.38. The van der Waals surface area contributed by atoms with Crippen LogP contribution >= 0.6 is 22.9 Å². The number of aromatic nitrogens is 2. The van der Waals surface area contributed by atoms with Gasteiger partial charge in [0.15, 0.2) is 0 Å². The highest BCUT2D eigenvalue weighted by molar-refractivity contribution is 7.16. The number of halogens is 1. The largest absolute Gasteiger partial charge is 0.387 e. The number of aliphatic hydroxyl groups excluding tert-OH is 1. The fourth-order valence-corrected chi connectivity index (χ4v) is 5.65. The van der Waals surface area contributed by atoms with Crippen LogP contribution in [0, 0.1) is 0 Å². The number of fused-ring (bicyclic) bond motifs is 1. The molecule has 0 bridgehead atoms. The maximum atomic E-state index is 13.4. The van der Waals surface area contributed by atoms with E-state index in [1.807, 2.05) is 17.0 Å². The third-order valence-electron chi connectivity index (χ3n) is 6.14. The predicted octanol–water partition coefficient (Wildman–Crippen LogP) is 3.16. The summed E-state index contributed by atoms with van der Waals surface area (Å²) in [7, 11) is 0. The molecule has 4 rings (SSSR count). The number of anilines is 1. The van der Waals surface area contributed by atoms with Gasteiger partial charge in [-0.05, 0) is 24.5 Å². The zero-order valence-corrected chi connectivity index (χ0v) is 19.8. The van der Waals surface area contributed by atoms with Gasteiger partial charge in [0.2, 0.25) is 5.91 Å². The van der Waals surface area contributed by atoms with Crippen molar-refractivity contribution in [1.82, 2.24) is 20.2 Å². The zero-order chi connectivity index (χ0) is 22.1. The minimum atomic E-state index is -0.513. The molecule has 1 saturated heterocycles. The van der Waals surface area contributed by atoms with Crippen molar-refractivity contribution in [1.29, 1.82) is 0 Å². The van der Waals surface area contributed by atoms with Gasteiger partial charge in [0.1, 0.15) is 12.1 Å². The first-order chi connectivity index (χ1) is 14.8. The minimum Gasteiger partial charge on any atom is -0.387 e. The Balaban J connectivity index is 1.46. The van der Waals surface area contributed by atoms with E-state index in [-0.39, 0.29) is 17.7 Å². The second kappa shape index (κ2) is 9.40. The molecule has 2 aliphatic rings. The van der Waals surface area contributed by atoms with E-state index in [0.29, 0.717) is 49.5 Å². The highest BCUT2D eigenvalue weighted by Gasteiger charge is 2.35. The summed E-state index contributed by atoms with van der Waals surface area (Å²) in [5.41, 5.74) is 1.81. The smallest absolute Gasteiger partial charge is 0.232 e. The molecule has 1 aliphatic heterocycles. The normalized spacial score (nSPS) is 22.1. The van der Waals surface area contributed by atoms with Gasteiger partial charge in [-0.25, -0.2) is 9.97 Å². The highest BCUT2D eigenvalue weighted by Crippen LogP contribution is 2.42. The number of piperazine rings is 1. The summed E-state index contributed by atoms with van der Waals surface area (Å²) < 4.78 is 0.705. The number of thiophene rings is 1. The number of hydrogen-bond donors (Lipinski definition) is 2. The van der Waals surface area contributed by atoms with Gasteiger partial charge in [0, 0.05) is 49.2 Å².